The fourth-order valence-corrected chi connectivity index (χ4v) is 2.64. The minimum absolute atomic E-state index is 0.244. The molecule has 0 saturated carbocycles. The van der Waals surface area contributed by atoms with E-state index >= 15 is 0 Å². The summed E-state index contributed by atoms with van der Waals surface area (Å²) in [5.74, 6) is 2.69. The van der Waals surface area contributed by atoms with Gasteiger partial charge < -0.3 is 9.26 Å². The number of nitrogens with one attached hydrogen (secondary N) is 1. The van der Waals surface area contributed by atoms with Crippen LogP contribution in [0.25, 0.3) is 0 Å². The Morgan fingerprint density at radius 2 is 2.37 bits per heavy atom. The van der Waals surface area contributed by atoms with Gasteiger partial charge in [-0.2, -0.15) is 4.98 Å². The Balaban J connectivity index is 1.52. The van der Waals surface area contributed by atoms with Gasteiger partial charge in [-0.3, -0.25) is 5.10 Å². The van der Waals surface area contributed by atoms with E-state index in [2.05, 4.69) is 25.3 Å². The molecule has 8 heteroatoms. The van der Waals surface area contributed by atoms with Gasteiger partial charge in [-0.15, -0.1) is 5.10 Å². The molecule has 0 amide bonds. The Bertz CT molecular complexity index is 535. The zero-order valence-electron chi connectivity index (χ0n) is 10.6. The zero-order chi connectivity index (χ0) is 13.1. The highest BCUT2D eigenvalue weighted by molar-refractivity contribution is 7.98. The van der Waals surface area contributed by atoms with Gasteiger partial charge in [0.25, 0.3) is 0 Å². The third-order valence-electron chi connectivity index (χ3n) is 2.85. The van der Waals surface area contributed by atoms with Crippen LogP contribution in [0.2, 0.25) is 0 Å². The molecular weight excluding hydrogens is 266 g/mol. The molecule has 102 valence electrons. The van der Waals surface area contributed by atoms with E-state index in [1.807, 2.05) is 6.92 Å². The van der Waals surface area contributed by atoms with Crippen molar-refractivity contribution in [2.24, 2.45) is 0 Å². The molecule has 1 atom stereocenters. The molecule has 19 heavy (non-hydrogen) atoms. The minimum atomic E-state index is 0.244. The standard InChI is InChI=1S/C11H15N5O2S/c1-7-12-11(15-14-7)19-6-10-13-9(16-18-10)5-8-3-2-4-17-8/h8H,2-6H2,1H3,(H,12,14,15). The molecule has 0 aromatic carbocycles. The van der Waals surface area contributed by atoms with Crippen molar-refractivity contribution < 1.29 is 9.26 Å². The van der Waals surface area contributed by atoms with Crippen molar-refractivity contribution in [1.82, 2.24) is 25.3 Å². The Morgan fingerprint density at radius 3 is 3.11 bits per heavy atom. The molecule has 0 spiro atoms. The van der Waals surface area contributed by atoms with Crippen molar-refractivity contribution in [3.63, 3.8) is 0 Å². The summed E-state index contributed by atoms with van der Waals surface area (Å²) in [7, 11) is 0. The highest BCUT2D eigenvalue weighted by Crippen LogP contribution is 2.19. The Morgan fingerprint density at radius 1 is 1.42 bits per heavy atom. The van der Waals surface area contributed by atoms with Crippen LogP contribution in [0.4, 0.5) is 0 Å². The van der Waals surface area contributed by atoms with Gasteiger partial charge in [0.05, 0.1) is 11.9 Å². The second kappa shape index (κ2) is 5.70. The highest BCUT2D eigenvalue weighted by Gasteiger charge is 2.19. The predicted molar refractivity (Wildman–Crippen MR) is 67.7 cm³/mol. The lowest BCUT2D eigenvalue weighted by Gasteiger charge is -2.03. The number of thioether (sulfide) groups is 1. The first kappa shape index (κ1) is 12.6. The molecule has 7 nitrogen and oxygen atoms in total. The van der Waals surface area contributed by atoms with Crippen LogP contribution < -0.4 is 0 Å². The third kappa shape index (κ3) is 3.32. The summed E-state index contributed by atoms with van der Waals surface area (Å²) in [5, 5.41) is 11.5. The molecule has 0 bridgehead atoms. The van der Waals surface area contributed by atoms with Gasteiger partial charge in [0.15, 0.2) is 5.82 Å². The second-order valence-electron chi connectivity index (χ2n) is 4.44. The van der Waals surface area contributed by atoms with E-state index < -0.39 is 0 Å². The average molecular weight is 281 g/mol. The van der Waals surface area contributed by atoms with Crippen LogP contribution in [-0.2, 0) is 16.9 Å². The van der Waals surface area contributed by atoms with Crippen LogP contribution in [-0.4, -0.2) is 38.0 Å². The van der Waals surface area contributed by atoms with Crippen LogP contribution in [0.5, 0.6) is 0 Å². The van der Waals surface area contributed by atoms with E-state index in [-0.39, 0.29) is 6.10 Å². The molecule has 2 aromatic heterocycles. The molecule has 1 aliphatic heterocycles. The van der Waals surface area contributed by atoms with Gasteiger partial charge in [-0.25, -0.2) is 4.98 Å². The molecule has 0 aliphatic carbocycles. The topological polar surface area (TPSA) is 89.7 Å². The largest absolute Gasteiger partial charge is 0.378 e. The fourth-order valence-electron chi connectivity index (χ4n) is 1.95. The van der Waals surface area contributed by atoms with Crippen LogP contribution in [0, 0.1) is 6.92 Å². The first-order valence-corrected chi connectivity index (χ1v) is 7.23. The SMILES string of the molecule is Cc1nc(SCc2nc(CC3CCCO3)no2)n[nH]1. The number of aryl methyl sites for hydroxylation is 1. The Kier molecular flexibility index (Phi) is 3.79. The van der Waals surface area contributed by atoms with Gasteiger partial charge in [-0.05, 0) is 19.8 Å². The van der Waals surface area contributed by atoms with E-state index in [0.29, 0.717) is 22.6 Å². The van der Waals surface area contributed by atoms with Gasteiger partial charge in [-0.1, -0.05) is 16.9 Å². The molecule has 1 aliphatic rings. The quantitative estimate of drug-likeness (QED) is 0.831. The summed E-state index contributed by atoms with van der Waals surface area (Å²) in [5.41, 5.74) is 0. The summed E-state index contributed by atoms with van der Waals surface area (Å²) in [6.45, 7) is 2.71. The van der Waals surface area contributed by atoms with Crippen molar-refractivity contribution >= 4 is 11.8 Å². The third-order valence-corrected chi connectivity index (χ3v) is 3.68. The molecule has 0 radical (unpaired) electrons. The zero-order valence-corrected chi connectivity index (χ0v) is 11.4. The molecule has 1 N–H and O–H groups in total. The van der Waals surface area contributed by atoms with E-state index in [1.165, 1.54) is 11.8 Å². The summed E-state index contributed by atoms with van der Waals surface area (Å²) < 4.78 is 10.7. The monoisotopic (exact) mass is 281 g/mol. The van der Waals surface area contributed by atoms with Gasteiger partial charge in [0.2, 0.25) is 11.0 Å². The van der Waals surface area contributed by atoms with Crippen LogP contribution in [0.1, 0.15) is 30.4 Å². The number of hydrogen-bond acceptors (Lipinski definition) is 7. The van der Waals surface area contributed by atoms with Crippen molar-refractivity contribution in [3.8, 4) is 0 Å². The summed E-state index contributed by atoms with van der Waals surface area (Å²) >= 11 is 1.47. The van der Waals surface area contributed by atoms with E-state index in [1.54, 1.807) is 0 Å². The maximum Gasteiger partial charge on any atom is 0.237 e. The lowest BCUT2D eigenvalue weighted by Crippen LogP contribution is -2.09. The average Bonchev–Trinajstić information content (AvgIpc) is 3.10. The predicted octanol–water partition coefficient (Wildman–Crippen LogP) is 1.51. The summed E-state index contributed by atoms with van der Waals surface area (Å²) in [6, 6.07) is 0. The van der Waals surface area contributed by atoms with Crippen LogP contribution >= 0.6 is 11.8 Å². The number of ether oxygens (including phenoxy) is 1. The molecule has 2 aromatic rings. The lowest BCUT2D eigenvalue weighted by atomic mass is 10.2. The second-order valence-corrected chi connectivity index (χ2v) is 5.38. The summed E-state index contributed by atoms with van der Waals surface area (Å²) in [4.78, 5) is 8.55. The van der Waals surface area contributed by atoms with Crippen molar-refractivity contribution in [2.75, 3.05) is 6.61 Å². The summed E-state index contributed by atoms with van der Waals surface area (Å²) in [6.07, 6.45) is 3.17. The van der Waals surface area contributed by atoms with Gasteiger partial charge in [0.1, 0.15) is 5.82 Å². The van der Waals surface area contributed by atoms with Crippen molar-refractivity contribution in [3.05, 3.63) is 17.5 Å². The van der Waals surface area contributed by atoms with E-state index in [9.17, 15) is 0 Å². The van der Waals surface area contributed by atoms with Crippen LogP contribution in [0.15, 0.2) is 9.68 Å². The van der Waals surface area contributed by atoms with Gasteiger partial charge in [0, 0.05) is 13.0 Å². The smallest absolute Gasteiger partial charge is 0.237 e. The number of aromatic nitrogens is 5. The molecule has 1 saturated heterocycles. The number of H-pyrrole nitrogens is 1. The van der Waals surface area contributed by atoms with Crippen molar-refractivity contribution in [1.29, 1.82) is 0 Å². The number of rotatable bonds is 5. The fraction of sp³-hybridized carbons (Fsp3) is 0.636. The van der Waals surface area contributed by atoms with E-state index in [0.717, 1.165) is 31.7 Å². The van der Waals surface area contributed by atoms with E-state index in [4.69, 9.17) is 9.26 Å². The first-order valence-electron chi connectivity index (χ1n) is 6.24. The Hall–Kier alpha value is -1.41. The Labute approximate surface area is 114 Å². The van der Waals surface area contributed by atoms with Gasteiger partial charge >= 0.3 is 0 Å². The molecule has 3 rings (SSSR count). The molecular formula is C11H15N5O2S. The lowest BCUT2D eigenvalue weighted by molar-refractivity contribution is 0.109. The normalized spacial score (nSPS) is 19.1. The number of hydrogen-bond donors (Lipinski definition) is 1. The maximum absolute atomic E-state index is 5.55. The molecule has 1 fully saturated rings. The molecule has 3 heterocycles. The minimum Gasteiger partial charge on any atom is -0.378 e. The first-order chi connectivity index (χ1) is 9.29. The highest BCUT2D eigenvalue weighted by atomic mass is 32.2. The number of nitrogens with zero attached hydrogens (tertiary/aromatic N) is 4. The van der Waals surface area contributed by atoms with Crippen LogP contribution in [0.3, 0.4) is 0 Å². The van der Waals surface area contributed by atoms with Crippen molar-refractivity contribution in [2.45, 2.75) is 43.2 Å². The maximum atomic E-state index is 5.55. The molecule has 1 unspecified atom stereocenters. The number of aromatic amines is 1.